The van der Waals surface area contributed by atoms with Crippen LogP contribution < -0.4 is 10.2 Å². The Labute approximate surface area is 133 Å². The van der Waals surface area contributed by atoms with Gasteiger partial charge < -0.3 is 10.2 Å². The highest BCUT2D eigenvalue weighted by atomic mass is 19.1. The first-order valence-corrected chi connectivity index (χ1v) is 7.62. The molecule has 1 heterocycles. The maximum Gasteiger partial charge on any atom is 0.243 e. The Bertz CT molecular complexity index is 729. The molecule has 3 rings (SSSR count). The van der Waals surface area contributed by atoms with Crippen molar-refractivity contribution in [2.75, 3.05) is 23.3 Å². The van der Waals surface area contributed by atoms with Gasteiger partial charge in [0.1, 0.15) is 11.6 Å². The van der Waals surface area contributed by atoms with Crippen molar-refractivity contribution >= 4 is 17.3 Å². The first-order chi connectivity index (χ1) is 11.0. The summed E-state index contributed by atoms with van der Waals surface area (Å²) in [4.78, 5) is 13.9. The van der Waals surface area contributed by atoms with Crippen molar-refractivity contribution in [1.82, 2.24) is 0 Å². The van der Waals surface area contributed by atoms with E-state index in [0.29, 0.717) is 29.9 Å². The highest BCUT2D eigenvalue weighted by Gasteiger charge is 2.23. The predicted molar refractivity (Wildman–Crippen MR) is 86.7 cm³/mol. The zero-order chi connectivity index (χ0) is 16.4. The van der Waals surface area contributed by atoms with E-state index in [1.807, 2.05) is 31.2 Å². The Morgan fingerprint density at radius 1 is 1.22 bits per heavy atom. The quantitative estimate of drug-likeness (QED) is 0.937. The molecule has 2 aromatic rings. The molecule has 0 saturated heterocycles. The Kier molecular flexibility index (Phi) is 4.28. The molecule has 0 radical (unpaired) electrons. The van der Waals surface area contributed by atoms with Crippen LogP contribution in [0.15, 0.2) is 36.4 Å². The lowest BCUT2D eigenvalue weighted by Crippen LogP contribution is -2.37. The third-order valence-electron chi connectivity index (χ3n) is 3.97. The second-order valence-corrected chi connectivity index (χ2v) is 5.83. The third-order valence-corrected chi connectivity index (χ3v) is 3.97. The first-order valence-electron chi connectivity index (χ1n) is 7.62. The summed E-state index contributed by atoms with van der Waals surface area (Å²) in [7, 11) is 0. The number of fused-ring (bicyclic) bond motifs is 1. The van der Waals surface area contributed by atoms with E-state index in [4.69, 9.17) is 0 Å². The predicted octanol–water partition coefficient (Wildman–Crippen LogP) is 3.66. The van der Waals surface area contributed by atoms with E-state index >= 15 is 0 Å². The largest absolute Gasteiger partial charge is 0.360 e. The van der Waals surface area contributed by atoms with Gasteiger partial charge in [0, 0.05) is 18.3 Å². The second-order valence-electron chi connectivity index (χ2n) is 5.83. The Morgan fingerprint density at radius 2 is 1.96 bits per heavy atom. The topological polar surface area (TPSA) is 32.3 Å². The highest BCUT2D eigenvalue weighted by Crippen LogP contribution is 2.30. The van der Waals surface area contributed by atoms with Crippen LogP contribution in [0.25, 0.3) is 0 Å². The fourth-order valence-corrected chi connectivity index (χ4v) is 2.91. The SMILES string of the molecule is Cc1ccc(NC(=O)CN2CCCc3cc(F)cc(F)c32)cc1. The Hall–Kier alpha value is -2.43. The zero-order valence-electron chi connectivity index (χ0n) is 12.9. The van der Waals surface area contributed by atoms with Crippen LogP contribution >= 0.6 is 0 Å². The molecule has 0 saturated carbocycles. The molecule has 0 bridgehead atoms. The van der Waals surface area contributed by atoms with Crippen LogP contribution in [0.1, 0.15) is 17.5 Å². The molecular weight excluding hydrogens is 298 g/mol. The van der Waals surface area contributed by atoms with E-state index in [0.717, 1.165) is 18.1 Å². The number of amides is 1. The minimum absolute atomic E-state index is 0.0451. The average molecular weight is 316 g/mol. The van der Waals surface area contributed by atoms with E-state index in [9.17, 15) is 13.6 Å². The van der Waals surface area contributed by atoms with Gasteiger partial charge in [-0.15, -0.1) is 0 Å². The van der Waals surface area contributed by atoms with E-state index in [2.05, 4.69) is 5.32 Å². The molecule has 1 aliphatic rings. The lowest BCUT2D eigenvalue weighted by molar-refractivity contribution is -0.115. The third kappa shape index (κ3) is 3.50. The summed E-state index contributed by atoms with van der Waals surface area (Å²) in [5, 5.41) is 2.80. The van der Waals surface area contributed by atoms with Gasteiger partial charge in [-0.1, -0.05) is 17.7 Å². The van der Waals surface area contributed by atoms with Gasteiger partial charge >= 0.3 is 0 Å². The summed E-state index contributed by atoms with van der Waals surface area (Å²) >= 11 is 0. The van der Waals surface area contributed by atoms with E-state index < -0.39 is 11.6 Å². The summed E-state index contributed by atoms with van der Waals surface area (Å²) in [5.41, 5.74) is 2.78. The molecule has 0 unspecified atom stereocenters. The minimum atomic E-state index is -0.608. The number of hydrogen-bond acceptors (Lipinski definition) is 2. The van der Waals surface area contributed by atoms with Gasteiger partial charge in [0.2, 0.25) is 5.91 Å². The first kappa shape index (κ1) is 15.5. The van der Waals surface area contributed by atoms with Crippen LogP contribution in [-0.4, -0.2) is 19.0 Å². The molecule has 2 aromatic carbocycles. The molecule has 1 aliphatic heterocycles. The van der Waals surface area contributed by atoms with Crippen molar-refractivity contribution in [3.05, 3.63) is 59.2 Å². The molecule has 120 valence electrons. The number of carbonyl (C=O) groups excluding carboxylic acids is 1. The van der Waals surface area contributed by atoms with Crippen LogP contribution in [0.5, 0.6) is 0 Å². The van der Waals surface area contributed by atoms with Gasteiger partial charge in [-0.3, -0.25) is 4.79 Å². The second kappa shape index (κ2) is 6.36. The number of halogens is 2. The number of rotatable bonds is 3. The van der Waals surface area contributed by atoms with Crippen LogP contribution in [0.2, 0.25) is 0 Å². The fraction of sp³-hybridized carbons (Fsp3) is 0.278. The van der Waals surface area contributed by atoms with Gasteiger partial charge in [-0.2, -0.15) is 0 Å². The minimum Gasteiger partial charge on any atom is -0.360 e. The Morgan fingerprint density at radius 3 is 2.70 bits per heavy atom. The number of aryl methyl sites for hydroxylation is 2. The maximum atomic E-state index is 14.1. The maximum absolute atomic E-state index is 14.1. The smallest absolute Gasteiger partial charge is 0.243 e. The van der Waals surface area contributed by atoms with Gasteiger partial charge in [0.25, 0.3) is 0 Å². The van der Waals surface area contributed by atoms with Crippen LogP contribution in [0.3, 0.4) is 0 Å². The van der Waals surface area contributed by atoms with E-state index in [1.165, 1.54) is 6.07 Å². The molecular formula is C18H18F2N2O. The standard InChI is InChI=1S/C18H18F2N2O/c1-12-4-6-15(7-5-12)21-17(23)11-22-8-2-3-13-9-14(19)10-16(20)18(13)22/h4-7,9-10H,2-3,8,11H2,1H3,(H,21,23). The van der Waals surface area contributed by atoms with Crippen molar-refractivity contribution in [3.8, 4) is 0 Å². The van der Waals surface area contributed by atoms with E-state index in [-0.39, 0.29) is 12.5 Å². The van der Waals surface area contributed by atoms with Crippen molar-refractivity contribution in [1.29, 1.82) is 0 Å². The van der Waals surface area contributed by atoms with E-state index in [1.54, 1.807) is 4.90 Å². The molecule has 0 fully saturated rings. The summed E-state index contributed by atoms with van der Waals surface area (Å²) < 4.78 is 27.4. The number of nitrogens with one attached hydrogen (secondary N) is 1. The molecule has 23 heavy (non-hydrogen) atoms. The zero-order valence-corrected chi connectivity index (χ0v) is 12.9. The monoisotopic (exact) mass is 316 g/mol. The van der Waals surface area contributed by atoms with Crippen molar-refractivity contribution < 1.29 is 13.6 Å². The molecule has 1 amide bonds. The average Bonchev–Trinajstić information content (AvgIpc) is 2.49. The van der Waals surface area contributed by atoms with Gasteiger partial charge in [-0.25, -0.2) is 8.78 Å². The summed E-state index contributed by atoms with van der Waals surface area (Å²) in [6, 6.07) is 9.70. The normalized spacial score (nSPS) is 13.6. The molecule has 0 aromatic heterocycles. The molecule has 1 N–H and O–H groups in total. The van der Waals surface area contributed by atoms with Crippen molar-refractivity contribution in [2.45, 2.75) is 19.8 Å². The summed E-state index contributed by atoms with van der Waals surface area (Å²) in [6.07, 6.45) is 1.40. The van der Waals surface area contributed by atoms with Gasteiger partial charge in [-0.05, 0) is 43.5 Å². The lowest BCUT2D eigenvalue weighted by atomic mass is 10.0. The van der Waals surface area contributed by atoms with Gasteiger partial charge in [0.15, 0.2) is 0 Å². The number of nitrogens with zero attached hydrogens (tertiary/aromatic N) is 1. The number of hydrogen-bond donors (Lipinski definition) is 1. The number of anilines is 2. The number of benzene rings is 2. The van der Waals surface area contributed by atoms with Crippen molar-refractivity contribution in [2.24, 2.45) is 0 Å². The van der Waals surface area contributed by atoms with Gasteiger partial charge in [0.05, 0.1) is 12.2 Å². The summed E-state index contributed by atoms with van der Waals surface area (Å²) in [5.74, 6) is -1.40. The summed E-state index contributed by atoms with van der Waals surface area (Å²) in [6.45, 7) is 2.60. The molecule has 5 heteroatoms. The fourth-order valence-electron chi connectivity index (χ4n) is 2.91. The molecule has 0 atom stereocenters. The van der Waals surface area contributed by atoms with Crippen LogP contribution in [0.4, 0.5) is 20.2 Å². The van der Waals surface area contributed by atoms with Crippen molar-refractivity contribution in [3.63, 3.8) is 0 Å². The molecule has 0 spiro atoms. The number of carbonyl (C=O) groups is 1. The molecule has 0 aliphatic carbocycles. The lowest BCUT2D eigenvalue weighted by Gasteiger charge is -2.31. The van der Waals surface area contributed by atoms with Crippen LogP contribution in [0, 0.1) is 18.6 Å². The molecule has 3 nitrogen and oxygen atoms in total. The Balaban J connectivity index is 1.74. The highest BCUT2D eigenvalue weighted by molar-refractivity contribution is 5.94. The van der Waals surface area contributed by atoms with Crippen LogP contribution in [-0.2, 0) is 11.2 Å².